The van der Waals surface area contributed by atoms with Crippen molar-refractivity contribution in [2.45, 2.75) is 24.0 Å². The van der Waals surface area contributed by atoms with Crippen molar-refractivity contribution in [3.05, 3.63) is 66.5 Å². The van der Waals surface area contributed by atoms with E-state index in [1.165, 1.54) is 21.6 Å². The van der Waals surface area contributed by atoms with Crippen molar-refractivity contribution in [1.29, 1.82) is 0 Å². The molecule has 0 radical (unpaired) electrons. The molecule has 23 heavy (non-hydrogen) atoms. The molecule has 1 aromatic carbocycles. The summed E-state index contributed by atoms with van der Waals surface area (Å²) in [5, 5.41) is 0. The van der Waals surface area contributed by atoms with Gasteiger partial charge in [0, 0.05) is 17.3 Å². The van der Waals surface area contributed by atoms with Gasteiger partial charge in [-0.05, 0) is 41.3 Å². The van der Waals surface area contributed by atoms with Crippen LogP contribution in [0.25, 0.3) is 10.4 Å². The van der Waals surface area contributed by atoms with Gasteiger partial charge in [-0.2, -0.15) is 8.42 Å². The van der Waals surface area contributed by atoms with Crippen molar-refractivity contribution >= 4 is 21.4 Å². The summed E-state index contributed by atoms with van der Waals surface area (Å²) in [4.78, 5) is 3.44. The average Bonchev–Trinajstić information content (AvgIpc) is 3.18. The fourth-order valence-electron chi connectivity index (χ4n) is 2.23. The summed E-state index contributed by atoms with van der Waals surface area (Å²) in [6.45, 7) is 4.30. The van der Waals surface area contributed by atoms with Crippen LogP contribution >= 0.6 is 11.3 Å². The maximum Gasteiger partial charge on any atom is 0.284 e. The Balaban J connectivity index is 1.85. The number of hydrogen-bond donors (Lipinski definition) is 1. The summed E-state index contributed by atoms with van der Waals surface area (Å²) in [7, 11) is -3.56. The molecule has 0 aliphatic heterocycles. The van der Waals surface area contributed by atoms with Crippen LogP contribution in [0, 0.1) is 0 Å². The Morgan fingerprint density at radius 2 is 1.65 bits per heavy atom. The number of benzene rings is 1. The van der Waals surface area contributed by atoms with E-state index >= 15 is 0 Å². The molecular weight excluding hydrogens is 328 g/mol. The molecule has 0 amide bonds. The van der Waals surface area contributed by atoms with Gasteiger partial charge in [-0.15, -0.1) is 11.3 Å². The second-order valence-corrected chi connectivity index (χ2v) is 8.55. The Labute approximate surface area is 140 Å². The predicted molar refractivity (Wildman–Crippen MR) is 94.8 cm³/mol. The normalized spacial score (nSPS) is 11.8. The molecule has 0 aliphatic carbocycles. The van der Waals surface area contributed by atoms with E-state index in [9.17, 15) is 8.42 Å². The second kappa shape index (κ2) is 6.22. The smallest absolute Gasteiger partial charge is 0.261 e. The Bertz CT molecular complexity index is 877. The van der Waals surface area contributed by atoms with E-state index in [-0.39, 0.29) is 0 Å². The summed E-state index contributed by atoms with van der Waals surface area (Å²) in [6.07, 6.45) is 3.30. The van der Waals surface area contributed by atoms with Crippen LogP contribution in [0.15, 0.2) is 65.1 Å². The minimum atomic E-state index is -3.56. The van der Waals surface area contributed by atoms with Crippen molar-refractivity contribution in [3.8, 4) is 10.4 Å². The van der Waals surface area contributed by atoms with E-state index in [1.54, 1.807) is 30.6 Å². The highest BCUT2D eigenvalue weighted by Gasteiger charge is 2.17. The lowest BCUT2D eigenvalue weighted by atomic mass is 10.0. The van der Waals surface area contributed by atoms with Crippen LogP contribution in [0.2, 0.25) is 0 Å². The second-order valence-electron chi connectivity index (χ2n) is 5.58. The topological polar surface area (TPSA) is 51.1 Å². The van der Waals surface area contributed by atoms with Gasteiger partial charge in [0.15, 0.2) is 0 Å². The van der Waals surface area contributed by atoms with Crippen LogP contribution in [0.5, 0.6) is 0 Å². The highest BCUT2D eigenvalue weighted by molar-refractivity contribution is 7.94. The molecule has 6 heteroatoms. The summed E-state index contributed by atoms with van der Waals surface area (Å²) < 4.78 is 26.5. The van der Waals surface area contributed by atoms with Gasteiger partial charge in [-0.1, -0.05) is 38.1 Å². The molecule has 0 bridgehead atoms. The monoisotopic (exact) mass is 346 g/mol. The van der Waals surface area contributed by atoms with Gasteiger partial charge < -0.3 is 0 Å². The van der Waals surface area contributed by atoms with Crippen molar-refractivity contribution < 1.29 is 8.42 Å². The Morgan fingerprint density at radius 3 is 2.26 bits per heavy atom. The average molecular weight is 346 g/mol. The Kier molecular flexibility index (Phi) is 4.28. The minimum Gasteiger partial charge on any atom is -0.261 e. The zero-order valence-electron chi connectivity index (χ0n) is 12.9. The Hall–Kier alpha value is -2.05. The van der Waals surface area contributed by atoms with Gasteiger partial charge in [0.05, 0.1) is 0 Å². The summed E-state index contributed by atoms with van der Waals surface area (Å²) in [6, 6.07) is 15.3. The highest BCUT2D eigenvalue weighted by Crippen LogP contribution is 2.31. The molecule has 2 heterocycles. The van der Waals surface area contributed by atoms with Crippen LogP contribution in [0.3, 0.4) is 0 Å². The van der Waals surface area contributed by atoms with Gasteiger partial charge >= 0.3 is 0 Å². The van der Waals surface area contributed by atoms with E-state index < -0.39 is 10.0 Å². The van der Waals surface area contributed by atoms with Crippen LogP contribution in [-0.4, -0.2) is 13.1 Å². The van der Waals surface area contributed by atoms with Gasteiger partial charge in [-0.25, -0.2) is 4.83 Å². The SMILES string of the molecule is CC(C)c1ccc(-c2ccc(S(=O)(=O)Nn3cccc3)s2)cc1. The fraction of sp³-hybridized carbons (Fsp3) is 0.176. The van der Waals surface area contributed by atoms with Gasteiger partial charge in [0.25, 0.3) is 10.0 Å². The summed E-state index contributed by atoms with van der Waals surface area (Å²) in [5.74, 6) is 0.481. The third-order valence-electron chi connectivity index (χ3n) is 3.54. The molecule has 0 saturated carbocycles. The molecule has 2 aromatic heterocycles. The lowest BCUT2D eigenvalue weighted by molar-refractivity contribution is 0.597. The standard InChI is InChI=1S/C17H18N2O2S2/c1-13(2)14-5-7-15(8-6-14)16-9-10-17(22-16)23(20,21)18-19-11-3-4-12-19/h3-13,18H,1-2H3. The van der Waals surface area contributed by atoms with Crippen molar-refractivity contribution in [1.82, 2.24) is 4.68 Å². The number of hydrogen-bond acceptors (Lipinski definition) is 3. The number of nitrogens with one attached hydrogen (secondary N) is 1. The number of thiophene rings is 1. The van der Waals surface area contributed by atoms with Gasteiger partial charge in [-0.3, -0.25) is 4.68 Å². The minimum absolute atomic E-state index is 0.300. The molecule has 0 saturated heterocycles. The quantitative estimate of drug-likeness (QED) is 0.750. The van der Waals surface area contributed by atoms with Crippen molar-refractivity contribution in [2.75, 3.05) is 4.83 Å². The van der Waals surface area contributed by atoms with Gasteiger partial charge in [0.1, 0.15) is 4.21 Å². The van der Waals surface area contributed by atoms with Gasteiger partial charge in [0.2, 0.25) is 0 Å². The van der Waals surface area contributed by atoms with Crippen LogP contribution in [0.4, 0.5) is 0 Å². The molecule has 120 valence electrons. The molecule has 3 aromatic rings. The van der Waals surface area contributed by atoms with Crippen molar-refractivity contribution in [2.24, 2.45) is 0 Å². The van der Waals surface area contributed by atoms with E-state index in [0.717, 1.165) is 10.4 Å². The molecule has 0 fully saturated rings. The third kappa shape index (κ3) is 3.48. The van der Waals surface area contributed by atoms with Crippen LogP contribution in [-0.2, 0) is 10.0 Å². The predicted octanol–water partition coefficient (Wildman–Crippen LogP) is 4.27. The molecule has 4 nitrogen and oxygen atoms in total. The largest absolute Gasteiger partial charge is 0.284 e. The molecule has 3 rings (SSSR count). The summed E-state index contributed by atoms with van der Waals surface area (Å²) >= 11 is 1.27. The lowest BCUT2D eigenvalue weighted by Crippen LogP contribution is -2.20. The first-order chi connectivity index (χ1) is 11.0. The number of rotatable bonds is 5. The first-order valence-electron chi connectivity index (χ1n) is 7.32. The highest BCUT2D eigenvalue weighted by atomic mass is 32.2. The van der Waals surface area contributed by atoms with Crippen molar-refractivity contribution in [3.63, 3.8) is 0 Å². The Morgan fingerprint density at radius 1 is 1.00 bits per heavy atom. The fourth-order valence-corrected chi connectivity index (χ4v) is 4.53. The molecule has 0 atom stereocenters. The zero-order valence-corrected chi connectivity index (χ0v) is 14.6. The zero-order chi connectivity index (χ0) is 16.4. The number of sulfonamides is 1. The molecule has 0 unspecified atom stereocenters. The van der Waals surface area contributed by atoms with E-state index in [1.807, 2.05) is 18.2 Å². The number of aromatic nitrogens is 1. The first kappa shape index (κ1) is 15.8. The number of nitrogens with zero attached hydrogens (tertiary/aromatic N) is 1. The lowest BCUT2D eigenvalue weighted by Gasteiger charge is -2.07. The summed E-state index contributed by atoms with van der Waals surface area (Å²) in [5.41, 5.74) is 2.30. The van der Waals surface area contributed by atoms with E-state index in [0.29, 0.717) is 10.1 Å². The molecule has 0 aliphatic rings. The maximum atomic E-state index is 12.4. The molecule has 0 spiro atoms. The van der Waals surface area contributed by atoms with Crippen LogP contribution in [0.1, 0.15) is 25.3 Å². The molecule has 1 N–H and O–H groups in total. The maximum absolute atomic E-state index is 12.4. The molecular formula is C17H18N2O2S2. The third-order valence-corrected chi connectivity index (χ3v) is 6.49. The van der Waals surface area contributed by atoms with Crippen LogP contribution < -0.4 is 4.83 Å². The van der Waals surface area contributed by atoms with E-state index in [2.05, 4.69) is 30.8 Å². The van der Waals surface area contributed by atoms with E-state index in [4.69, 9.17) is 0 Å². The first-order valence-corrected chi connectivity index (χ1v) is 9.61.